The monoisotopic (exact) mass is 824 g/mol. The topological polar surface area (TPSA) is 180 Å². The van der Waals surface area contributed by atoms with Crippen LogP contribution < -0.4 is 15.1 Å². The molecule has 2 atom stereocenters. The highest BCUT2D eigenvalue weighted by molar-refractivity contribution is 6.22. The van der Waals surface area contributed by atoms with Crippen molar-refractivity contribution in [2.24, 2.45) is 0 Å². The van der Waals surface area contributed by atoms with Crippen molar-refractivity contribution in [3.63, 3.8) is 0 Å². The highest BCUT2D eigenvalue weighted by Gasteiger charge is 2.46. The van der Waals surface area contributed by atoms with Crippen molar-refractivity contribution >= 4 is 33.8 Å². The van der Waals surface area contributed by atoms with Crippen molar-refractivity contribution in [1.29, 1.82) is 0 Å². The molecule has 3 aromatic carbocycles. The van der Waals surface area contributed by atoms with Crippen LogP contribution in [0.15, 0.2) is 108 Å². The number of Topliss-reactive ketones (excluding diaryl/α,β-unsaturated/α-hetero) is 1. The van der Waals surface area contributed by atoms with E-state index in [9.17, 15) is 30.3 Å². The van der Waals surface area contributed by atoms with Gasteiger partial charge in [0.25, 0.3) is 0 Å². The van der Waals surface area contributed by atoms with E-state index in [0.717, 1.165) is 16.7 Å². The van der Waals surface area contributed by atoms with Crippen LogP contribution in [0.4, 0.5) is 0 Å². The first kappa shape index (κ1) is 40.9. The van der Waals surface area contributed by atoms with Crippen molar-refractivity contribution in [3.05, 3.63) is 133 Å². The second-order valence-electron chi connectivity index (χ2n) is 17.3. The van der Waals surface area contributed by atoms with Gasteiger partial charge >= 0.3 is 5.63 Å². The number of furan rings is 1. The number of aliphatic hydroxyl groups is 1. The molecule has 0 bridgehead atoms. The Hall–Kier alpha value is -6.88. The van der Waals surface area contributed by atoms with Crippen molar-refractivity contribution < 1.29 is 48.6 Å². The summed E-state index contributed by atoms with van der Waals surface area (Å²) in [7, 11) is 0. The van der Waals surface area contributed by atoms with E-state index in [1.165, 1.54) is 24.3 Å². The molecule has 0 amide bonds. The molecule has 2 aromatic heterocycles. The van der Waals surface area contributed by atoms with Gasteiger partial charge in [-0.15, -0.1) is 0 Å². The average molecular weight is 825 g/mol. The number of aliphatic hydroxyl groups excluding tert-OH is 1. The van der Waals surface area contributed by atoms with Gasteiger partial charge in [-0.1, -0.05) is 41.0 Å². The van der Waals surface area contributed by atoms with Gasteiger partial charge in [0.15, 0.2) is 11.5 Å². The van der Waals surface area contributed by atoms with E-state index in [0.29, 0.717) is 40.5 Å². The summed E-state index contributed by atoms with van der Waals surface area (Å²) in [5, 5.41) is 57.4. The molecule has 3 aliphatic rings. The van der Waals surface area contributed by atoms with E-state index in [-0.39, 0.29) is 91.3 Å². The number of hydrogen-bond acceptors (Lipinski definition) is 11. The second-order valence-corrected chi connectivity index (χ2v) is 17.3. The van der Waals surface area contributed by atoms with Crippen LogP contribution in [0.5, 0.6) is 34.5 Å². The van der Waals surface area contributed by atoms with E-state index < -0.39 is 29.0 Å². The largest absolute Gasteiger partial charge is 0.508 e. The van der Waals surface area contributed by atoms with Crippen LogP contribution in [0.25, 0.3) is 39.3 Å². The molecular formula is C50H48O11. The number of carbonyl (C=O) groups excluding carboxylic acids is 1. The van der Waals surface area contributed by atoms with Gasteiger partial charge < -0.3 is 43.8 Å². The van der Waals surface area contributed by atoms with E-state index >= 15 is 4.79 Å². The quantitative estimate of drug-likeness (QED) is 0.0542. The molecule has 11 heteroatoms. The van der Waals surface area contributed by atoms with E-state index in [4.69, 9.17) is 18.3 Å². The van der Waals surface area contributed by atoms with Crippen LogP contribution in [0, 0.1) is 0 Å². The summed E-state index contributed by atoms with van der Waals surface area (Å²) >= 11 is 0. The van der Waals surface area contributed by atoms with E-state index in [1.54, 1.807) is 24.3 Å². The molecule has 1 aliphatic carbocycles. The van der Waals surface area contributed by atoms with Crippen LogP contribution in [0.2, 0.25) is 0 Å². The Kier molecular flexibility index (Phi) is 10.0. The fourth-order valence-electron chi connectivity index (χ4n) is 8.14. The first-order valence-corrected chi connectivity index (χ1v) is 20.2. The molecule has 11 nitrogen and oxygen atoms in total. The smallest absolute Gasteiger partial charge is 0.344 e. The molecule has 5 N–H and O–H groups in total. The summed E-state index contributed by atoms with van der Waals surface area (Å²) in [6.45, 7) is 15.2. The van der Waals surface area contributed by atoms with Gasteiger partial charge in [-0.25, -0.2) is 4.79 Å². The zero-order valence-electron chi connectivity index (χ0n) is 35.3. The van der Waals surface area contributed by atoms with Crippen LogP contribution in [0.1, 0.15) is 100 Å². The summed E-state index contributed by atoms with van der Waals surface area (Å²) in [6.07, 6.45) is 10.8. The maximum atomic E-state index is 15.4. The molecule has 0 saturated heterocycles. The Balaban J connectivity index is 1.38. The SMILES string of the molecule is CC(C)=CCC1=C(O)C(C(=O)c2c(-c3cc(CC=C(C)C)c(O)cc3O)oc3c4c(c(O)cc23)OC(C)(C)C=C4)=C[C@@H]2c3c(c4cc(CC=C(C)C)c(O)cc4oc3=O)O[C@H]12. The number of aromatic hydroxyl groups is 4. The van der Waals surface area contributed by atoms with Crippen molar-refractivity contribution in [3.8, 4) is 45.8 Å². The highest BCUT2D eigenvalue weighted by Crippen LogP contribution is 2.52. The lowest BCUT2D eigenvalue weighted by molar-refractivity contribution is 0.102. The fourth-order valence-corrected chi connectivity index (χ4v) is 8.14. The van der Waals surface area contributed by atoms with Gasteiger partial charge in [0.2, 0.25) is 5.78 Å². The summed E-state index contributed by atoms with van der Waals surface area (Å²) in [5.41, 5.74) is 3.51. The van der Waals surface area contributed by atoms with Crippen molar-refractivity contribution in [2.45, 2.75) is 92.3 Å². The minimum atomic E-state index is -0.897. The highest BCUT2D eigenvalue weighted by atomic mass is 16.5. The number of fused-ring (bicyclic) bond motifs is 8. The summed E-state index contributed by atoms with van der Waals surface area (Å²) in [6, 6.07) is 7.21. The van der Waals surface area contributed by atoms with E-state index in [2.05, 4.69) is 0 Å². The Morgan fingerprint density at radius 2 is 1.38 bits per heavy atom. The van der Waals surface area contributed by atoms with Gasteiger partial charge in [-0.3, -0.25) is 4.79 Å². The first-order chi connectivity index (χ1) is 28.8. The van der Waals surface area contributed by atoms with E-state index in [1.807, 2.05) is 73.6 Å². The second kappa shape index (κ2) is 15.0. The predicted molar refractivity (Wildman–Crippen MR) is 234 cm³/mol. The number of rotatable bonds is 9. The van der Waals surface area contributed by atoms with Crippen LogP contribution in [-0.4, -0.2) is 43.0 Å². The summed E-state index contributed by atoms with van der Waals surface area (Å²) < 4.78 is 25.1. The number of allylic oxidation sites excluding steroid dienone is 7. The van der Waals surface area contributed by atoms with Gasteiger partial charge in [-0.05, 0) is 116 Å². The summed E-state index contributed by atoms with van der Waals surface area (Å²) in [4.78, 5) is 29.4. The molecule has 0 saturated carbocycles. The fraction of sp³-hybridized carbons (Fsp3) is 0.280. The Bertz CT molecular complexity index is 2960. The molecular weight excluding hydrogens is 777 g/mol. The van der Waals surface area contributed by atoms with Gasteiger partial charge in [0, 0.05) is 23.1 Å². The third-order valence-electron chi connectivity index (χ3n) is 11.3. The molecule has 314 valence electrons. The normalized spacial score (nSPS) is 17.2. The van der Waals surface area contributed by atoms with Crippen molar-refractivity contribution in [2.75, 3.05) is 0 Å². The molecule has 0 fully saturated rings. The number of phenolic OH excluding ortho intramolecular Hbond substituents is 4. The number of ether oxygens (including phenoxy) is 2. The molecule has 0 spiro atoms. The number of benzene rings is 3. The maximum absolute atomic E-state index is 15.4. The van der Waals surface area contributed by atoms with Gasteiger partial charge in [-0.2, -0.15) is 0 Å². The zero-order chi connectivity index (χ0) is 43.8. The third-order valence-corrected chi connectivity index (χ3v) is 11.3. The summed E-state index contributed by atoms with van der Waals surface area (Å²) in [5.74, 6) is -2.54. The minimum absolute atomic E-state index is 0.0389. The zero-order valence-corrected chi connectivity index (χ0v) is 35.3. The van der Waals surface area contributed by atoms with Crippen molar-refractivity contribution in [1.82, 2.24) is 0 Å². The lowest BCUT2D eigenvalue weighted by atomic mass is 9.80. The lowest BCUT2D eigenvalue weighted by Crippen LogP contribution is -2.29. The lowest BCUT2D eigenvalue weighted by Gasteiger charge is -2.28. The number of ketones is 1. The first-order valence-electron chi connectivity index (χ1n) is 20.2. The molecule has 2 aliphatic heterocycles. The minimum Gasteiger partial charge on any atom is -0.508 e. The van der Waals surface area contributed by atoms with Crippen LogP contribution in [-0.2, 0) is 12.8 Å². The van der Waals surface area contributed by atoms with Gasteiger partial charge in [0.05, 0.1) is 39.1 Å². The predicted octanol–water partition coefficient (Wildman–Crippen LogP) is 11.1. The molecule has 0 radical (unpaired) electrons. The van der Waals surface area contributed by atoms with Crippen LogP contribution in [0.3, 0.4) is 0 Å². The average Bonchev–Trinajstić information content (AvgIpc) is 3.75. The van der Waals surface area contributed by atoms with Crippen LogP contribution >= 0.6 is 0 Å². The Labute approximate surface area is 352 Å². The standard InChI is InChI=1S/C50H48O11/c1-23(2)9-12-26-17-30(37(53)21-35(26)51)47-40(33-20-38(54)46-29(45(33)60-47)15-16-50(7,8)61-46)43(56)34-19-32-41-48(59-44(32)28(42(34)55)14-11-25(5)6)31-18-27(13-10-24(3)4)36(52)22-39(31)58-49(41)57/h9-11,15-22,32,44,51-55H,12-14H2,1-8H3/t32-,44-/m1/s1. The van der Waals surface area contributed by atoms with Gasteiger partial charge in [0.1, 0.15) is 57.4 Å². The maximum Gasteiger partial charge on any atom is 0.344 e. The molecule has 8 rings (SSSR count). The third kappa shape index (κ3) is 7.17. The number of hydrogen-bond donors (Lipinski definition) is 5. The molecule has 4 heterocycles. The number of phenols is 4. The Morgan fingerprint density at radius 1 is 0.738 bits per heavy atom. The number of carbonyl (C=O) groups is 1. The molecule has 0 unspecified atom stereocenters. The Morgan fingerprint density at radius 3 is 2.05 bits per heavy atom. The molecule has 61 heavy (non-hydrogen) atoms. The molecule has 5 aromatic rings.